The number of ether oxygens (including phenoxy) is 1. The van der Waals surface area contributed by atoms with E-state index in [4.69, 9.17) is 9.72 Å². The molecule has 0 aliphatic carbocycles. The van der Waals surface area contributed by atoms with Crippen molar-refractivity contribution in [2.24, 2.45) is 0 Å². The SMILES string of the molecule is [2H]C(C)(C)c1cccc2c3cccc(C([2H])(C)C)c3n(-c3ccnc(-n4c5[c-]c(Oc6[c-]c(-c7cc(C(C)(C)C)ccn7)ccc6)ccc5c5ccccc54)c3)c12.[Pt+2]. The van der Waals surface area contributed by atoms with Crippen LogP contribution in [0.15, 0.2) is 128 Å². The second kappa shape index (κ2) is 14.5. The molecule has 0 spiro atoms. The first-order valence-electron chi connectivity index (χ1n) is 19.8. The number of nitrogens with zero attached hydrogens (tertiary/aromatic N) is 4. The van der Waals surface area contributed by atoms with Crippen LogP contribution in [0.25, 0.3) is 66.4 Å². The van der Waals surface area contributed by atoms with Gasteiger partial charge in [-0.05, 0) is 63.2 Å². The van der Waals surface area contributed by atoms with Crippen molar-refractivity contribution >= 4 is 43.6 Å². The molecule has 0 bridgehead atoms. The number of rotatable bonds is 7. The molecule has 0 unspecified atom stereocenters. The molecule has 9 rings (SSSR count). The maximum atomic E-state index is 9.20. The summed E-state index contributed by atoms with van der Waals surface area (Å²) in [4.78, 5) is 9.63. The number of aromatic nitrogens is 4. The van der Waals surface area contributed by atoms with Gasteiger partial charge in [-0.1, -0.05) is 121 Å². The fourth-order valence-corrected chi connectivity index (χ4v) is 7.84. The quantitative estimate of drug-likeness (QED) is 0.150. The Hall–Kier alpha value is -5.51. The van der Waals surface area contributed by atoms with Gasteiger partial charge in [-0.2, -0.15) is 6.07 Å². The Morgan fingerprint density at radius 3 is 1.96 bits per heavy atom. The molecule has 4 heterocycles. The van der Waals surface area contributed by atoms with Crippen LogP contribution in [0.1, 0.15) is 79.7 Å². The molecule has 5 nitrogen and oxygen atoms in total. The monoisotopic (exact) mass is 913 g/mol. The molecule has 0 N–H and O–H groups in total. The van der Waals surface area contributed by atoms with Crippen LogP contribution < -0.4 is 4.74 Å². The van der Waals surface area contributed by atoms with E-state index < -0.39 is 11.8 Å². The minimum Gasteiger partial charge on any atom is -0.503 e. The Labute approximate surface area is 346 Å². The van der Waals surface area contributed by atoms with Crippen LogP contribution in [0.3, 0.4) is 0 Å². The van der Waals surface area contributed by atoms with Gasteiger partial charge < -0.3 is 18.9 Å². The third-order valence-corrected chi connectivity index (χ3v) is 10.6. The van der Waals surface area contributed by atoms with Crippen LogP contribution in [0.4, 0.5) is 0 Å². The first-order valence-corrected chi connectivity index (χ1v) is 18.8. The van der Waals surface area contributed by atoms with Crippen molar-refractivity contribution in [3.8, 4) is 34.3 Å². The summed E-state index contributed by atoms with van der Waals surface area (Å²) in [6.45, 7) is 14.3. The number of pyridine rings is 2. The molecule has 9 aromatic rings. The minimum atomic E-state index is -0.875. The molecule has 0 aliphatic rings. The van der Waals surface area contributed by atoms with Crippen LogP contribution in [-0.4, -0.2) is 19.1 Å². The van der Waals surface area contributed by atoms with Gasteiger partial charge in [0.25, 0.3) is 0 Å². The Balaban J connectivity index is 0.00000469. The zero-order valence-corrected chi connectivity index (χ0v) is 34.9. The van der Waals surface area contributed by atoms with E-state index in [9.17, 15) is 2.74 Å². The Morgan fingerprint density at radius 2 is 1.27 bits per heavy atom. The second-order valence-corrected chi connectivity index (χ2v) is 15.8. The largest absolute Gasteiger partial charge is 2.00 e. The summed E-state index contributed by atoms with van der Waals surface area (Å²) < 4.78 is 29.3. The number of para-hydroxylation sites is 3. The van der Waals surface area contributed by atoms with E-state index >= 15 is 0 Å². The Morgan fingerprint density at radius 1 is 0.625 bits per heavy atom. The smallest absolute Gasteiger partial charge is 0.503 e. The van der Waals surface area contributed by atoms with Crippen LogP contribution in [0, 0.1) is 12.1 Å². The third kappa shape index (κ3) is 6.42. The number of hydrogen-bond donors (Lipinski definition) is 0. The number of hydrogen-bond acceptors (Lipinski definition) is 3. The first kappa shape index (κ1) is 34.9. The van der Waals surface area contributed by atoms with Crippen molar-refractivity contribution in [3.63, 3.8) is 0 Å². The molecule has 280 valence electrons. The number of benzene rings is 5. The maximum absolute atomic E-state index is 9.20. The zero-order chi connectivity index (χ0) is 39.9. The standard InChI is InChI=1S/C50H44N4O.Pt/c1-31(2)38-16-11-18-42-43-19-12-17-39(32(3)4)49(43)53(48(38)42)35-24-26-52-47(29-35)54-45-20-9-8-15-40(45)41-22-21-37(30-46(41)54)55-36-14-10-13-33(27-36)44-28-34(23-25-51-44)50(5,6)7;/h8-26,28-29,31-32H,1-7H3;/q-2;+2/i31D,32D;. The summed E-state index contributed by atoms with van der Waals surface area (Å²) in [5.74, 6) is 0.0900. The van der Waals surface area contributed by atoms with Crippen molar-refractivity contribution in [1.29, 1.82) is 0 Å². The summed E-state index contributed by atoms with van der Waals surface area (Å²) in [7, 11) is 0. The average molecular weight is 914 g/mol. The predicted molar refractivity (Wildman–Crippen MR) is 227 cm³/mol. The van der Waals surface area contributed by atoms with Gasteiger partial charge in [-0.15, -0.1) is 41.3 Å². The summed E-state index contributed by atoms with van der Waals surface area (Å²) >= 11 is 0. The zero-order valence-electron chi connectivity index (χ0n) is 34.6. The summed E-state index contributed by atoms with van der Waals surface area (Å²) in [5, 5.41) is 4.21. The van der Waals surface area contributed by atoms with Gasteiger partial charge in [0.1, 0.15) is 5.82 Å². The van der Waals surface area contributed by atoms with E-state index in [1.165, 1.54) is 5.56 Å². The average Bonchev–Trinajstić information content (AvgIpc) is 3.70. The van der Waals surface area contributed by atoms with E-state index in [0.29, 0.717) is 17.3 Å². The van der Waals surface area contributed by atoms with Crippen molar-refractivity contribution < 1.29 is 28.5 Å². The molecule has 0 atom stereocenters. The van der Waals surface area contributed by atoms with Gasteiger partial charge in [0.2, 0.25) is 0 Å². The van der Waals surface area contributed by atoms with E-state index in [2.05, 4.69) is 102 Å². The first-order chi connectivity index (χ1) is 27.2. The van der Waals surface area contributed by atoms with E-state index in [-0.39, 0.29) is 26.5 Å². The predicted octanol–water partition coefficient (Wildman–Crippen LogP) is 13.3. The van der Waals surface area contributed by atoms with Gasteiger partial charge in [-0.25, -0.2) is 4.98 Å². The van der Waals surface area contributed by atoms with Gasteiger partial charge >= 0.3 is 21.1 Å². The summed E-state index contributed by atoms with van der Waals surface area (Å²) in [6.07, 6.45) is 3.70. The van der Waals surface area contributed by atoms with Crippen molar-refractivity contribution in [3.05, 3.63) is 156 Å². The van der Waals surface area contributed by atoms with Crippen LogP contribution >= 0.6 is 0 Å². The van der Waals surface area contributed by atoms with Gasteiger partial charge in [-0.3, -0.25) is 0 Å². The molecule has 56 heavy (non-hydrogen) atoms. The van der Waals surface area contributed by atoms with Crippen LogP contribution in [0.2, 0.25) is 0 Å². The summed E-state index contributed by atoms with van der Waals surface area (Å²) in [6, 6.07) is 46.0. The molecular formula is C50H44N4OPt. The van der Waals surface area contributed by atoms with Gasteiger partial charge in [0.15, 0.2) is 0 Å². The minimum absolute atomic E-state index is 0. The molecule has 0 saturated heterocycles. The van der Waals surface area contributed by atoms with E-state index in [0.717, 1.165) is 71.7 Å². The molecule has 5 aromatic carbocycles. The van der Waals surface area contributed by atoms with Crippen molar-refractivity contribution in [2.45, 2.75) is 65.7 Å². The fourth-order valence-electron chi connectivity index (χ4n) is 7.84. The van der Waals surface area contributed by atoms with E-state index in [1.807, 2.05) is 101 Å². The summed E-state index contributed by atoms with van der Waals surface area (Å²) in [5.41, 5.74) is 9.36. The molecule has 0 amide bonds. The molecule has 0 aliphatic heterocycles. The van der Waals surface area contributed by atoms with Crippen LogP contribution in [0.5, 0.6) is 11.5 Å². The fraction of sp³-hybridized carbons (Fsp3) is 0.200. The van der Waals surface area contributed by atoms with Crippen molar-refractivity contribution in [2.75, 3.05) is 0 Å². The normalized spacial score (nSPS) is 12.9. The topological polar surface area (TPSA) is 44.9 Å². The molecule has 4 aromatic heterocycles. The number of fused-ring (bicyclic) bond motifs is 6. The van der Waals surface area contributed by atoms with E-state index in [1.54, 1.807) is 0 Å². The molecule has 0 radical (unpaired) electrons. The van der Waals surface area contributed by atoms with Gasteiger partial charge in [0, 0.05) is 49.0 Å². The Bertz CT molecular complexity index is 2940. The molecule has 0 fully saturated rings. The second-order valence-electron chi connectivity index (χ2n) is 15.8. The molecular weight excluding hydrogens is 868 g/mol. The molecule has 0 saturated carbocycles. The van der Waals surface area contributed by atoms with Gasteiger partial charge in [0.05, 0.1) is 16.7 Å². The Kier molecular flexibility index (Phi) is 9.07. The van der Waals surface area contributed by atoms with Crippen molar-refractivity contribution in [1.82, 2.24) is 19.1 Å². The van der Waals surface area contributed by atoms with Crippen LogP contribution in [-0.2, 0) is 26.5 Å². The third-order valence-electron chi connectivity index (χ3n) is 10.6. The maximum Gasteiger partial charge on any atom is 2.00 e. The molecule has 6 heteroatoms.